The maximum atomic E-state index is 12.2. The van der Waals surface area contributed by atoms with Crippen molar-refractivity contribution in [2.24, 2.45) is 0 Å². The average Bonchev–Trinajstić information content (AvgIpc) is 3.22. The summed E-state index contributed by atoms with van der Waals surface area (Å²) in [6, 6.07) is 9.61. The van der Waals surface area contributed by atoms with Gasteiger partial charge < -0.3 is 20.1 Å². The Morgan fingerprint density at radius 2 is 2.11 bits per heavy atom. The molecule has 1 aromatic heterocycles. The number of rotatable bonds is 9. The molecule has 0 fully saturated rings. The molecule has 0 radical (unpaired) electrons. The predicted octanol–water partition coefficient (Wildman–Crippen LogP) is 0.517. The summed E-state index contributed by atoms with van der Waals surface area (Å²) in [7, 11) is 1.58. The van der Waals surface area contributed by atoms with E-state index in [4.69, 9.17) is 9.47 Å². The number of hydrogen-bond acceptors (Lipinski definition) is 5. The molecular formula is C19H24N4O4. The van der Waals surface area contributed by atoms with E-state index in [0.717, 1.165) is 11.3 Å². The number of carbonyl (C=O) groups excluding carboxylic acids is 2. The molecule has 8 nitrogen and oxygen atoms in total. The number of benzene rings is 1. The average molecular weight is 372 g/mol. The van der Waals surface area contributed by atoms with E-state index in [2.05, 4.69) is 15.7 Å². The molecule has 0 spiro atoms. The number of nitrogens with zero attached hydrogens (tertiary/aromatic N) is 2. The summed E-state index contributed by atoms with van der Waals surface area (Å²) in [5.41, 5.74) is 2.40. The van der Waals surface area contributed by atoms with E-state index in [0.29, 0.717) is 38.3 Å². The van der Waals surface area contributed by atoms with Crippen molar-refractivity contribution in [3.05, 3.63) is 53.3 Å². The monoisotopic (exact) mass is 372 g/mol. The summed E-state index contributed by atoms with van der Waals surface area (Å²) in [6.07, 6.45) is 2.13. The SMILES string of the molecule is COCCNC(=O)c1cnn2c1C[C@H](NC(=O)COCc1ccccc1)C2. The number of fused-ring (bicyclic) bond motifs is 1. The van der Waals surface area contributed by atoms with Crippen LogP contribution in [0, 0.1) is 0 Å². The van der Waals surface area contributed by atoms with Gasteiger partial charge in [-0.2, -0.15) is 5.10 Å². The normalized spacial score (nSPS) is 15.4. The predicted molar refractivity (Wildman–Crippen MR) is 98.2 cm³/mol. The highest BCUT2D eigenvalue weighted by Gasteiger charge is 2.28. The number of hydrogen-bond donors (Lipinski definition) is 2. The fourth-order valence-corrected chi connectivity index (χ4v) is 3.04. The molecule has 0 bridgehead atoms. The maximum Gasteiger partial charge on any atom is 0.254 e. The molecule has 1 aliphatic heterocycles. The van der Waals surface area contributed by atoms with Crippen molar-refractivity contribution in [1.29, 1.82) is 0 Å². The van der Waals surface area contributed by atoms with E-state index in [1.165, 1.54) is 0 Å². The lowest BCUT2D eigenvalue weighted by Gasteiger charge is -2.12. The second-order valence-corrected chi connectivity index (χ2v) is 6.38. The topological polar surface area (TPSA) is 94.5 Å². The zero-order chi connectivity index (χ0) is 19.1. The van der Waals surface area contributed by atoms with Gasteiger partial charge in [-0.25, -0.2) is 0 Å². The Morgan fingerprint density at radius 3 is 2.89 bits per heavy atom. The summed E-state index contributed by atoms with van der Waals surface area (Å²) in [6.45, 7) is 1.84. The lowest BCUT2D eigenvalue weighted by Crippen LogP contribution is -2.38. The second-order valence-electron chi connectivity index (χ2n) is 6.38. The molecule has 2 heterocycles. The number of ether oxygens (including phenoxy) is 2. The van der Waals surface area contributed by atoms with Crippen LogP contribution in [0.25, 0.3) is 0 Å². The minimum absolute atomic E-state index is 0.00191. The Morgan fingerprint density at radius 1 is 1.30 bits per heavy atom. The van der Waals surface area contributed by atoms with Crippen LogP contribution in [0.5, 0.6) is 0 Å². The largest absolute Gasteiger partial charge is 0.383 e. The zero-order valence-corrected chi connectivity index (χ0v) is 15.3. The number of aromatic nitrogens is 2. The van der Waals surface area contributed by atoms with E-state index < -0.39 is 0 Å². The summed E-state index contributed by atoms with van der Waals surface area (Å²) >= 11 is 0. The molecule has 0 aliphatic carbocycles. The van der Waals surface area contributed by atoms with E-state index >= 15 is 0 Å². The van der Waals surface area contributed by atoms with E-state index in [1.54, 1.807) is 18.0 Å². The number of nitrogens with one attached hydrogen (secondary N) is 2. The second kappa shape index (κ2) is 9.29. The first-order valence-electron chi connectivity index (χ1n) is 8.90. The molecule has 0 unspecified atom stereocenters. The van der Waals surface area contributed by atoms with E-state index in [9.17, 15) is 9.59 Å². The first-order chi connectivity index (χ1) is 13.2. The van der Waals surface area contributed by atoms with Crippen molar-refractivity contribution in [3.8, 4) is 0 Å². The Bertz CT molecular complexity index is 775. The van der Waals surface area contributed by atoms with Gasteiger partial charge in [-0.1, -0.05) is 30.3 Å². The summed E-state index contributed by atoms with van der Waals surface area (Å²) in [5.74, 6) is -0.348. The van der Waals surface area contributed by atoms with Gasteiger partial charge in [-0.05, 0) is 5.56 Å². The van der Waals surface area contributed by atoms with Crippen LogP contribution < -0.4 is 10.6 Å². The van der Waals surface area contributed by atoms with Crippen LogP contribution in [0.2, 0.25) is 0 Å². The number of methoxy groups -OCH3 is 1. The van der Waals surface area contributed by atoms with Crippen LogP contribution in [0.4, 0.5) is 0 Å². The maximum absolute atomic E-state index is 12.2. The van der Waals surface area contributed by atoms with Gasteiger partial charge in [0.1, 0.15) is 6.61 Å². The van der Waals surface area contributed by atoms with Gasteiger partial charge >= 0.3 is 0 Å². The molecule has 2 aromatic rings. The van der Waals surface area contributed by atoms with Crippen LogP contribution in [-0.2, 0) is 33.8 Å². The molecule has 2 amide bonds. The molecule has 1 aromatic carbocycles. The van der Waals surface area contributed by atoms with Crippen LogP contribution in [0.1, 0.15) is 21.6 Å². The molecule has 8 heteroatoms. The Balaban J connectivity index is 1.44. The van der Waals surface area contributed by atoms with Crippen LogP contribution in [-0.4, -0.2) is 54.5 Å². The molecule has 0 saturated carbocycles. The standard InChI is InChI=1S/C19H24N4O4/c1-26-8-7-20-19(25)16-10-21-23-11-15(9-17(16)23)22-18(24)13-27-12-14-5-3-2-4-6-14/h2-6,10,15H,7-9,11-13H2,1H3,(H,20,25)(H,22,24)/t15-/m0/s1. The summed E-state index contributed by atoms with van der Waals surface area (Å²) in [5, 5.41) is 9.98. The van der Waals surface area contributed by atoms with Gasteiger partial charge in [0.25, 0.3) is 5.91 Å². The smallest absolute Gasteiger partial charge is 0.254 e. The third-order valence-corrected chi connectivity index (χ3v) is 4.33. The molecule has 144 valence electrons. The molecule has 3 rings (SSSR count). The minimum atomic E-state index is -0.175. The summed E-state index contributed by atoms with van der Waals surface area (Å²) in [4.78, 5) is 24.3. The van der Waals surface area contributed by atoms with E-state index in [1.807, 2.05) is 30.3 Å². The first kappa shape index (κ1) is 19.1. The molecule has 1 atom stereocenters. The zero-order valence-electron chi connectivity index (χ0n) is 15.3. The fourth-order valence-electron chi connectivity index (χ4n) is 3.04. The molecule has 0 saturated heterocycles. The minimum Gasteiger partial charge on any atom is -0.383 e. The third kappa shape index (κ3) is 5.15. The fraction of sp³-hybridized carbons (Fsp3) is 0.421. The van der Waals surface area contributed by atoms with Crippen molar-refractivity contribution in [2.75, 3.05) is 26.9 Å². The van der Waals surface area contributed by atoms with Crippen LogP contribution in [0.15, 0.2) is 36.5 Å². The van der Waals surface area contributed by atoms with Crippen molar-refractivity contribution < 1.29 is 19.1 Å². The van der Waals surface area contributed by atoms with Crippen molar-refractivity contribution in [3.63, 3.8) is 0 Å². The Labute approximate surface area is 157 Å². The first-order valence-corrected chi connectivity index (χ1v) is 8.90. The van der Waals surface area contributed by atoms with Gasteiger partial charge in [0.2, 0.25) is 5.91 Å². The van der Waals surface area contributed by atoms with Gasteiger partial charge in [0.05, 0.1) is 43.3 Å². The van der Waals surface area contributed by atoms with Crippen LogP contribution in [0.3, 0.4) is 0 Å². The van der Waals surface area contributed by atoms with Crippen molar-refractivity contribution in [1.82, 2.24) is 20.4 Å². The van der Waals surface area contributed by atoms with Crippen molar-refractivity contribution >= 4 is 11.8 Å². The molecular weight excluding hydrogens is 348 g/mol. The Kier molecular flexibility index (Phi) is 6.56. The van der Waals surface area contributed by atoms with Gasteiger partial charge in [0, 0.05) is 20.1 Å². The number of carbonyl (C=O) groups is 2. The highest BCUT2D eigenvalue weighted by molar-refractivity contribution is 5.95. The van der Waals surface area contributed by atoms with Gasteiger partial charge in [-0.15, -0.1) is 0 Å². The van der Waals surface area contributed by atoms with Gasteiger partial charge in [-0.3, -0.25) is 14.3 Å². The quantitative estimate of drug-likeness (QED) is 0.626. The third-order valence-electron chi connectivity index (χ3n) is 4.33. The molecule has 27 heavy (non-hydrogen) atoms. The lowest BCUT2D eigenvalue weighted by atomic mass is 10.1. The highest BCUT2D eigenvalue weighted by atomic mass is 16.5. The lowest BCUT2D eigenvalue weighted by molar-refractivity contribution is -0.126. The van der Waals surface area contributed by atoms with Gasteiger partial charge in [0.15, 0.2) is 0 Å². The molecule has 2 N–H and O–H groups in total. The molecule has 1 aliphatic rings. The van der Waals surface area contributed by atoms with Crippen molar-refractivity contribution in [2.45, 2.75) is 25.6 Å². The summed E-state index contributed by atoms with van der Waals surface area (Å²) < 4.78 is 12.2. The highest BCUT2D eigenvalue weighted by Crippen LogP contribution is 2.19. The van der Waals surface area contributed by atoms with Crippen LogP contribution >= 0.6 is 0 Å². The van der Waals surface area contributed by atoms with E-state index in [-0.39, 0.29) is 24.5 Å². The number of amides is 2. The Hall–Kier alpha value is -2.71.